The molecule has 2 bridgehead atoms. The number of thiazole rings is 1. The van der Waals surface area contributed by atoms with Crippen LogP contribution >= 0.6 is 11.3 Å². The molecular weight excluding hydrogens is 434 g/mol. The summed E-state index contributed by atoms with van der Waals surface area (Å²) in [4.78, 5) is 43.3. The molecule has 170 valence electrons. The van der Waals surface area contributed by atoms with E-state index in [1.54, 1.807) is 6.07 Å². The fraction of sp³-hybridized carbons (Fsp3) is 0.462. The molecule has 7 heteroatoms. The molecule has 0 saturated heterocycles. The molecule has 2 saturated carbocycles. The van der Waals surface area contributed by atoms with Crippen LogP contribution in [0.3, 0.4) is 0 Å². The van der Waals surface area contributed by atoms with E-state index in [2.05, 4.69) is 27.8 Å². The minimum Gasteiger partial charge on any atom is -0.356 e. The molecule has 2 fully saturated rings. The van der Waals surface area contributed by atoms with Gasteiger partial charge in [-0.05, 0) is 61.5 Å². The van der Waals surface area contributed by atoms with Crippen molar-refractivity contribution < 1.29 is 14.4 Å². The first kappa shape index (κ1) is 20.8. The van der Waals surface area contributed by atoms with Gasteiger partial charge in [0.2, 0.25) is 5.91 Å². The Balaban J connectivity index is 1.09. The van der Waals surface area contributed by atoms with E-state index in [4.69, 9.17) is 0 Å². The highest BCUT2D eigenvalue weighted by atomic mass is 32.1. The molecule has 6 rings (SSSR count). The molecule has 4 atom stereocenters. The van der Waals surface area contributed by atoms with Crippen molar-refractivity contribution in [1.29, 1.82) is 0 Å². The normalized spacial score (nSPS) is 28.1. The number of hydrogen-bond acceptors (Lipinski definition) is 5. The number of anilines is 1. The maximum Gasteiger partial charge on any atom is 0.257 e. The Morgan fingerprint density at radius 2 is 2.06 bits per heavy atom. The van der Waals surface area contributed by atoms with Gasteiger partial charge in [-0.3, -0.25) is 19.7 Å². The van der Waals surface area contributed by atoms with Crippen molar-refractivity contribution in [3.05, 3.63) is 58.1 Å². The van der Waals surface area contributed by atoms with Crippen LogP contribution in [0.2, 0.25) is 0 Å². The van der Waals surface area contributed by atoms with Gasteiger partial charge in [0, 0.05) is 24.9 Å². The van der Waals surface area contributed by atoms with Gasteiger partial charge in [0.1, 0.15) is 0 Å². The molecule has 0 aliphatic heterocycles. The van der Waals surface area contributed by atoms with Crippen LogP contribution in [0.4, 0.5) is 5.13 Å². The highest BCUT2D eigenvalue weighted by Gasteiger charge is 2.62. The molecule has 2 amide bonds. The van der Waals surface area contributed by atoms with E-state index in [1.807, 2.05) is 25.1 Å². The number of fused-ring (bicyclic) bond motifs is 1. The highest BCUT2D eigenvalue weighted by Crippen LogP contribution is 2.69. The molecule has 33 heavy (non-hydrogen) atoms. The second-order valence-electron chi connectivity index (χ2n) is 10.1. The number of Topliss-reactive ketones (excluding diaryl/α,β-unsaturated/α-hetero) is 1. The summed E-state index contributed by atoms with van der Waals surface area (Å²) in [7, 11) is 0. The van der Waals surface area contributed by atoms with Crippen LogP contribution in [0.25, 0.3) is 0 Å². The minimum absolute atomic E-state index is 0.0519. The summed E-state index contributed by atoms with van der Waals surface area (Å²) < 4.78 is 0. The van der Waals surface area contributed by atoms with Crippen LogP contribution in [0.5, 0.6) is 0 Å². The summed E-state index contributed by atoms with van der Waals surface area (Å²) in [5.41, 5.74) is 2.69. The summed E-state index contributed by atoms with van der Waals surface area (Å²) in [6.07, 6.45) is 9.21. The molecule has 4 aliphatic carbocycles. The van der Waals surface area contributed by atoms with E-state index >= 15 is 0 Å². The monoisotopic (exact) mass is 461 g/mol. The van der Waals surface area contributed by atoms with Gasteiger partial charge in [-0.15, -0.1) is 0 Å². The Morgan fingerprint density at radius 3 is 2.82 bits per heavy atom. The predicted molar refractivity (Wildman–Crippen MR) is 126 cm³/mol. The van der Waals surface area contributed by atoms with Crippen LogP contribution in [-0.4, -0.2) is 29.1 Å². The lowest BCUT2D eigenvalue weighted by Gasteiger charge is -2.23. The number of aryl methyl sites for hydroxylation is 1. The zero-order valence-electron chi connectivity index (χ0n) is 18.6. The van der Waals surface area contributed by atoms with Crippen LogP contribution in [0, 0.1) is 36.0 Å². The molecule has 1 heterocycles. The van der Waals surface area contributed by atoms with Gasteiger partial charge in [0.05, 0.1) is 16.5 Å². The van der Waals surface area contributed by atoms with Crippen LogP contribution in [-0.2, 0) is 11.2 Å². The predicted octanol–water partition coefficient (Wildman–Crippen LogP) is 4.17. The number of carbonyl (C=O) groups is 3. The van der Waals surface area contributed by atoms with E-state index < -0.39 is 5.92 Å². The summed E-state index contributed by atoms with van der Waals surface area (Å²) in [5.74, 6) is 1.07. The first-order valence-corrected chi connectivity index (χ1v) is 12.6. The highest BCUT2D eigenvalue weighted by molar-refractivity contribution is 7.17. The van der Waals surface area contributed by atoms with Gasteiger partial charge in [-0.2, -0.15) is 0 Å². The Kier molecular flexibility index (Phi) is 4.80. The fourth-order valence-electron chi connectivity index (χ4n) is 6.26. The summed E-state index contributed by atoms with van der Waals surface area (Å²) in [6.45, 7) is 2.62. The van der Waals surface area contributed by atoms with Crippen LogP contribution in [0.15, 0.2) is 36.4 Å². The van der Waals surface area contributed by atoms with Crippen molar-refractivity contribution in [2.75, 3.05) is 11.9 Å². The second-order valence-corrected chi connectivity index (χ2v) is 11.1. The second kappa shape index (κ2) is 7.62. The van der Waals surface area contributed by atoms with E-state index in [-0.39, 0.29) is 24.0 Å². The van der Waals surface area contributed by atoms with Gasteiger partial charge in [-0.25, -0.2) is 4.98 Å². The molecule has 0 radical (unpaired) electrons. The Labute approximate surface area is 196 Å². The molecule has 0 unspecified atom stereocenters. The number of nitrogens with zero attached hydrogens (tertiary/aromatic N) is 1. The Hall–Kier alpha value is -2.80. The molecule has 6 nitrogen and oxygen atoms in total. The van der Waals surface area contributed by atoms with Crippen molar-refractivity contribution in [3.63, 3.8) is 0 Å². The lowest BCUT2D eigenvalue weighted by molar-refractivity contribution is -0.125. The third-order valence-electron chi connectivity index (χ3n) is 8.08. The van der Waals surface area contributed by atoms with E-state index in [0.29, 0.717) is 57.4 Å². The molecular formula is C26H27N3O3S. The van der Waals surface area contributed by atoms with Crippen LogP contribution in [0.1, 0.15) is 57.0 Å². The van der Waals surface area contributed by atoms with E-state index in [9.17, 15) is 14.4 Å². The Morgan fingerprint density at radius 1 is 1.21 bits per heavy atom. The van der Waals surface area contributed by atoms with E-state index in [0.717, 1.165) is 5.56 Å². The molecule has 2 N–H and O–H groups in total. The fourth-order valence-corrected chi connectivity index (χ4v) is 7.19. The first-order valence-electron chi connectivity index (χ1n) is 11.8. The summed E-state index contributed by atoms with van der Waals surface area (Å²) >= 11 is 1.20. The Bertz CT molecular complexity index is 1200. The minimum atomic E-state index is -0.392. The van der Waals surface area contributed by atoms with Crippen molar-refractivity contribution in [1.82, 2.24) is 10.3 Å². The molecule has 4 aliphatic rings. The molecule has 1 spiro atoms. The lowest BCUT2D eigenvalue weighted by Crippen LogP contribution is -2.38. The van der Waals surface area contributed by atoms with Gasteiger partial charge in [0.15, 0.2) is 10.9 Å². The maximum atomic E-state index is 12.9. The van der Waals surface area contributed by atoms with Crippen molar-refractivity contribution in [2.24, 2.45) is 29.1 Å². The number of amides is 2. The summed E-state index contributed by atoms with van der Waals surface area (Å²) in [5, 5.41) is 6.36. The average Bonchev–Trinajstić information content (AvgIpc) is 3.28. The van der Waals surface area contributed by atoms with Gasteiger partial charge >= 0.3 is 0 Å². The smallest absolute Gasteiger partial charge is 0.257 e. The third-order valence-corrected chi connectivity index (χ3v) is 9.13. The first-order chi connectivity index (χ1) is 15.9. The molecule has 2 aromatic rings. The number of ketones is 1. The zero-order chi connectivity index (χ0) is 22.7. The molecule has 1 aromatic carbocycles. The SMILES string of the molecule is Cc1cccc(C(=O)Nc2nc3c(s2)C(=O)C[C@@H](C(=O)NC[C@H]2C[C@@H]4C=C[C@@H]2C42CC2)C3)c1. The zero-order valence-corrected chi connectivity index (χ0v) is 19.4. The number of hydrogen-bond donors (Lipinski definition) is 2. The number of aromatic nitrogens is 1. The van der Waals surface area contributed by atoms with Crippen molar-refractivity contribution in [2.45, 2.75) is 39.0 Å². The number of benzene rings is 1. The van der Waals surface area contributed by atoms with E-state index in [1.165, 1.54) is 30.6 Å². The largest absolute Gasteiger partial charge is 0.356 e. The number of allylic oxidation sites excluding steroid dienone is 2. The van der Waals surface area contributed by atoms with Crippen molar-refractivity contribution >= 4 is 34.1 Å². The third kappa shape index (κ3) is 3.53. The topological polar surface area (TPSA) is 88.2 Å². The van der Waals surface area contributed by atoms with Gasteiger partial charge in [-0.1, -0.05) is 41.2 Å². The van der Waals surface area contributed by atoms with Gasteiger partial charge in [0.25, 0.3) is 5.91 Å². The number of carbonyl (C=O) groups excluding carboxylic acids is 3. The lowest BCUT2D eigenvalue weighted by atomic mass is 9.87. The van der Waals surface area contributed by atoms with Gasteiger partial charge < -0.3 is 5.32 Å². The maximum absolute atomic E-state index is 12.9. The van der Waals surface area contributed by atoms with Crippen LogP contribution < -0.4 is 10.6 Å². The standard InChI is InChI=1S/C26H27N3O3S/c1-14-3-2-4-15(9-14)24(32)29-25-28-20-11-16(12-21(30)22(20)33-25)23(31)27-13-17-10-18-5-6-19(17)26(18)7-8-26/h2-6,9,16-19H,7-8,10-13H2,1H3,(H,27,31)(H,28,29,32)/t16-,17+,18-,19-/m0/s1. The number of nitrogens with one attached hydrogen (secondary N) is 2. The summed E-state index contributed by atoms with van der Waals surface area (Å²) in [6, 6.07) is 7.33. The molecule has 1 aromatic heterocycles. The number of rotatable bonds is 5. The average molecular weight is 462 g/mol. The quantitative estimate of drug-likeness (QED) is 0.655. The van der Waals surface area contributed by atoms with Crippen molar-refractivity contribution in [3.8, 4) is 0 Å².